The zero-order valence-electron chi connectivity index (χ0n) is 24.7. The Labute approximate surface area is 256 Å². The quantitative estimate of drug-likeness (QED) is 0.247. The van der Waals surface area contributed by atoms with Gasteiger partial charge in [0.05, 0.1) is 35.8 Å². The predicted molar refractivity (Wildman–Crippen MR) is 155 cm³/mol. The minimum absolute atomic E-state index is 0.0881. The zero-order chi connectivity index (χ0) is 32.2. The molecule has 45 heavy (non-hydrogen) atoms. The standard InChI is InChI=1S/C31H31F3N6O5/c1-4-25(42)38-11-9-20-26-22(40(37-20)21-8-7-18(17-5-6-17)13-24(21)45-16(2)41)10-12-39(23(26)15-38)30(43)19-14-36-29(31(32,33)34)28(44-3)27(19)35/h4,7-8,13-14,17,23H,1,5-6,9-12,15H2,2-3H3,(H2,35,36)/t23-/m0/s1. The van der Waals surface area contributed by atoms with E-state index in [-0.39, 0.29) is 24.6 Å². The van der Waals surface area contributed by atoms with E-state index in [0.717, 1.165) is 43.0 Å². The van der Waals surface area contributed by atoms with Gasteiger partial charge in [-0.3, -0.25) is 14.4 Å². The third kappa shape index (κ3) is 5.38. The second-order valence-corrected chi connectivity index (χ2v) is 11.3. The zero-order valence-corrected chi connectivity index (χ0v) is 24.7. The molecule has 3 aromatic rings. The molecule has 0 saturated heterocycles. The molecule has 11 nitrogen and oxygen atoms in total. The molecule has 2 N–H and O–H groups in total. The molecule has 1 saturated carbocycles. The molecule has 0 bridgehead atoms. The highest BCUT2D eigenvalue weighted by Gasteiger charge is 2.43. The third-order valence-electron chi connectivity index (χ3n) is 8.45. The first-order valence-corrected chi connectivity index (χ1v) is 14.5. The number of nitrogens with zero attached hydrogens (tertiary/aromatic N) is 5. The van der Waals surface area contributed by atoms with Crippen LogP contribution < -0.4 is 15.2 Å². The van der Waals surface area contributed by atoms with Crippen LogP contribution in [0.1, 0.15) is 70.3 Å². The average Bonchev–Trinajstić information content (AvgIpc) is 3.81. The Morgan fingerprint density at radius 1 is 1.16 bits per heavy atom. The molecule has 1 aromatic carbocycles. The molecule has 6 rings (SSSR count). The summed E-state index contributed by atoms with van der Waals surface area (Å²) in [4.78, 5) is 45.4. The largest absolute Gasteiger partial charge is 0.492 e. The van der Waals surface area contributed by atoms with Gasteiger partial charge in [-0.05, 0) is 42.5 Å². The van der Waals surface area contributed by atoms with Crippen LogP contribution in [0.3, 0.4) is 0 Å². The van der Waals surface area contributed by atoms with Crippen molar-refractivity contribution in [3.05, 3.63) is 70.8 Å². The van der Waals surface area contributed by atoms with E-state index in [4.69, 9.17) is 20.3 Å². The molecule has 236 valence electrons. The Morgan fingerprint density at radius 3 is 2.56 bits per heavy atom. The minimum Gasteiger partial charge on any atom is -0.492 e. The number of alkyl halides is 3. The van der Waals surface area contributed by atoms with Crippen LogP contribution in [0, 0.1) is 0 Å². The van der Waals surface area contributed by atoms with E-state index in [1.165, 1.54) is 17.9 Å². The number of nitrogens with two attached hydrogens (primary N) is 1. The number of carbonyl (C=O) groups is 3. The average molecular weight is 625 g/mol. The fraction of sp³-hybridized carbons (Fsp3) is 0.387. The summed E-state index contributed by atoms with van der Waals surface area (Å²) in [5.74, 6) is -1.42. The first-order chi connectivity index (χ1) is 21.4. The Bertz CT molecular complexity index is 1730. The first kappa shape index (κ1) is 30.2. The molecule has 2 aromatic heterocycles. The molecule has 2 aliphatic heterocycles. The second-order valence-electron chi connectivity index (χ2n) is 11.3. The van der Waals surface area contributed by atoms with Crippen LogP contribution in [-0.2, 0) is 28.6 Å². The van der Waals surface area contributed by atoms with Crippen LogP contribution in [0.15, 0.2) is 37.1 Å². The number of halogens is 3. The van der Waals surface area contributed by atoms with Gasteiger partial charge in [-0.1, -0.05) is 12.6 Å². The lowest BCUT2D eigenvalue weighted by molar-refractivity contribution is -0.142. The lowest BCUT2D eigenvalue weighted by atomic mass is 9.94. The number of esters is 1. The molecule has 1 aliphatic carbocycles. The molecular weight excluding hydrogens is 593 g/mol. The predicted octanol–water partition coefficient (Wildman–Crippen LogP) is 3.99. The number of amides is 2. The summed E-state index contributed by atoms with van der Waals surface area (Å²) in [6.45, 7) is 5.43. The first-order valence-electron chi connectivity index (χ1n) is 14.5. The number of rotatable bonds is 6. The SMILES string of the molecule is C=CC(=O)N1CCc2nn(-c3ccc(C4CC4)cc3OC(C)=O)c3c2[C@H](C1)N(C(=O)c1cnc(C(F)(F)F)c(OC)c1N)CC3. The normalized spacial score (nSPS) is 17.8. The maximum Gasteiger partial charge on any atom is 0.437 e. The Morgan fingerprint density at radius 2 is 1.91 bits per heavy atom. The van der Waals surface area contributed by atoms with Gasteiger partial charge in [-0.2, -0.15) is 18.3 Å². The van der Waals surface area contributed by atoms with Crippen molar-refractivity contribution in [2.75, 3.05) is 32.5 Å². The van der Waals surface area contributed by atoms with Crippen LogP contribution in [0.5, 0.6) is 11.5 Å². The van der Waals surface area contributed by atoms with Crippen LogP contribution in [-0.4, -0.2) is 69.1 Å². The van der Waals surface area contributed by atoms with Crippen molar-refractivity contribution in [1.29, 1.82) is 0 Å². The van der Waals surface area contributed by atoms with Crippen LogP contribution in [0.4, 0.5) is 18.9 Å². The monoisotopic (exact) mass is 624 g/mol. The summed E-state index contributed by atoms with van der Waals surface area (Å²) in [5.41, 5.74) is 7.78. The smallest absolute Gasteiger partial charge is 0.437 e. The summed E-state index contributed by atoms with van der Waals surface area (Å²) in [5, 5.41) is 4.91. The molecule has 0 spiro atoms. The van der Waals surface area contributed by atoms with Crippen molar-refractivity contribution in [1.82, 2.24) is 24.6 Å². The van der Waals surface area contributed by atoms with E-state index < -0.39 is 41.2 Å². The fourth-order valence-electron chi connectivity index (χ4n) is 6.22. The van der Waals surface area contributed by atoms with Gasteiger partial charge in [0.1, 0.15) is 5.69 Å². The summed E-state index contributed by atoms with van der Waals surface area (Å²) < 4.78 is 53.0. The summed E-state index contributed by atoms with van der Waals surface area (Å²) >= 11 is 0. The number of anilines is 1. The Kier molecular flexibility index (Phi) is 7.53. The highest BCUT2D eigenvalue weighted by atomic mass is 19.4. The third-order valence-corrected chi connectivity index (χ3v) is 8.45. The van der Waals surface area contributed by atoms with Gasteiger partial charge in [-0.15, -0.1) is 0 Å². The molecule has 14 heteroatoms. The van der Waals surface area contributed by atoms with Crippen LogP contribution >= 0.6 is 0 Å². The van der Waals surface area contributed by atoms with Crippen molar-refractivity contribution < 1.29 is 37.0 Å². The molecule has 1 atom stereocenters. The van der Waals surface area contributed by atoms with Gasteiger partial charge in [0.15, 0.2) is 17.2 Å². The topological polar surface area (TPSA) is 133 Å². The molecule has 0 radical (unpaired) electrons. The molecule has 4 heterocycles. The van der Waals surface area contributed by atoms with Crippen molar-refractivity contribution in [3.63, 3.8) is 0 Å². The van der Waals surface area contributed by atoms with Crippen molar-refractivity contribution in [2.24, 2.45) is 0 Å². The highest BCUT2D eigenvalue weighted by Crippen LogP contribution is 2.44. The van der Waals surface area contributed by atoms with Crippen LogP contribution in [0.2, 0.25) is 0 Å². The van der Waals surface area contributed by atoms with E-state index in [2.05, 4.69) is 11.6 Å². The highest BCUT2D eigenvalue weighted by molar-refractivity contribution is 6.00. The minimum atomic E-state index is -4.85. The molecule has 0 unspecified atom stereocenters. The second kappa shape index (κ2) is 11.2. The number of carbonyl (C=O) groups excluding carboxylic acids is 3. The van der Waals surface area contributed by atoms with Crippen LogP contribution in [0.25, 0.3) is 5.69 Å². The fourth-order valence-corrected chi connectivity index (χ4v) is 6.22. The number of pyridine rings is 1. The van der Waals surface area contributed by atoms with Gasteiger partial charge < -0.3 is 25.0 Å². The Balaban J connectivity index is 1.45. The number of hydrogen-bond donors (Lipinski definition) is 1. The van der Waals surface area contributed by atoms with Gasteiger partial charge >= 0.3 is 12.1 Å². The number of nitrogen functional groups attached to an aromatic ring is 1. The molecule has 1 fully saturated rings. The van der Waals surface area contributed by atoms with Gasteiger partial charge in [0, 0.05) is 51.2 Å². The molecular formula is C31H31F3N6O5. The van der Waals surface area contributed by atoms with E-state index in [1.807, 2.05) is 18.2 Å². The number of ether oxygens (including phenoxy) is 2. The number of hydrogen-bond acceptors (Lipinski definition) is 8. The number of benzene rings is 1. The van der Waals surface area contributed by atoms with E-state index in [9.17, 15) is 27.6 Å². The summed E-state index contributed by atoms with van der Waals surface area (Å²) in [6.07, 6.45) is -0.0383. The lowest BCUT2D eigenvalue weighted by Crippen LogP contribution is -2.46. The van der Waals surface area contributed by atoms with Crippen molar-refractivity contribution >= 4 is 23.5 Å². The van der Waals surface area contributed by atoms with E-state index >= 15 is 0 Å². The molecule has 3 aliphatic rings. The number of methoxy groups -OCH3 is 1. The summed E-state index contributed by atoms with van der Waals surface area (Å²) in [6, 6.07) is 5.01. The van der Waals surface area contributed by atoms with Gasteiger partial charge in [0.25, 0.3) is 5.91 Å². The maximum absolute atomic E-state index is 14.0. The van der Waals surface area contributed by atoms with Gasteiger partial charge in [0.2, 0.25) is 5.91 Å². The van der Waals surface area contributed by atoms with Gasteiger partial charge in [-0.25, -0.2) is 9.67 Å². The van der Waals surface area contributed by atoms with Crippen molar-refractivity contribution in [2.45, 2.75) is 50.7 Å². The lowest BCUT2D eigenvalue weighted by Gasteiger charge is -2.38. The molecule has 2 amide bonds. The van der Waals surface area contributed by atoms with E-state index in [0.29, 0.717) is 42.4 Å². The van der Waals surface area contributed by atoms with Crippen molar-refractivity contribution in [3.8, 4) is 17.2 Å². The Hall–Kier alpha value is -4.88. The number of aromatic nitrogens is 3. The maximum atomic E-state index is 14.0. The summed E-state index contributed by atoms with van der Waals surface area (Å²) in [7, 11) is 1.02. The van der Waals surface area contributed by atoms with E-state index in [1.54, 1.807) is 9.58 Å².